The molecule has 0 unspecified atom stereocenters. The molecule has 1 aliphatic heterocycles. The highest BCUT2D eigenvalue weighted by Crippen LogP contribution is 2.29. The van der Waals surface area contributed by atoms with Gasteiger partial charge in [-0.3, -0.25) is 4.79 Å². The lowest BCUT2D eigenvalue weighted by Gasteiger charge is -2.14. The topological polar surface area (TPSA) is 99.8 Å². The van der Waals surface area contributed by atoms with Crippen LogP contribution in [0.1, 0.15) is 22.1 Å². The molecule has 4 heterocycles. The average molecular weight is 312 g/mol. The Bertz CT molecular complexity index is 794. The first-order valence-electron chi connectivity index (χ1n) is 7.37. The molecule has 1 fully saturated rings. The second-order valence-corrected chi connectivity index (χ2v) is 5.61. The number of H-pyrrole nitrogens is 2. The van der Waals surface area contributed by atoms with Gasteiger partial charge in [0.25, 0.3) is 5.91 Å². The molecule has 8 heteroatoms. The second kappa shape index (κ2) is 5.47. The predicted octanol–water partition coefficient (Wildman–Crippen LogP) is 0.936. The van der Waals surface area contributed by atoms with Crippen molar-refractivity contribution < 1.29 is 9.53 Å². The summed E-state index contributed by atoms with van der Waals surface area (Å²) in [6, 6.07) is 5.60. The molecule has 3 aromatic heterocycles. The summed E-state index contributed by atoms with van der Waals surface area (Å²) >= 11 is 0. The largest absolute Gasteiger partial charge is 0.379 e. The lowest BCUT2D eigenvalue weighted by atomic mass is 10.0. The Balaban J connectivity index is 1.59. The molecule has 0 aliphatic carbocycles. The molecule has 4 rings (SSSR count). The quantitative estimate of drug-likeness (QED) is 0.749. The normalized spacial score (nSPS) is 21.2. The molecule has 23 heavy (non-hydrogen) atoms. The van der Waals surface area contributed by atoms with Gasteiger partial charge in [-0.25, -0.2) is 4.98 Å². The molecule has 0 bridgehead atoms. The zero-order valence-electron chi connectivity index (χ0n) is 12.6. The van der Waals surface area contributed by atoms with Crippen molar-refractivity contribution in [2.24, 2.45) is 0 Å². The number of methoxy groups -OCH3 is 1. The summed E-state index contributed by atoms with van der Waals surface area (Å²) in [4.78, 5) is 21.8. The van der Waals surface area contributed by atoms with Crippen molar-refractivity contribution in [2.75, 3.05) is 20.2 Å². The summed E-state index contributed by atoms with van der Waals surface area (Å²) in [6.45, 7) is 1.07. The number of pyridine rings is 1. The van der Waals surface area contributed by atoms with Crippen molar-refractivity contribution >= 4 is 16.9 Å². The van der Waals surface area contributed by atoms with Crippen molar-refractivity contribution in [1.29, 1.82) is 0 Å². The number of carbonyl (C=O) groups is 1. The zero-order valence-corrected chi connectivity index (χ0v) is 12.6. The van der Waals surface area contributed by atoms with Gasteiger partial charge in [-0.05, 0) is 18.2 Å². The van der Waals surface area contributed by atoms with Crippen LogP contribution in [-0.4, -0.2) is 62.5 Å². The number of carbonyl (C=O) groups excluding carboxylic acids is 1. The number of nitrogens with zero attached hydrogens (tertiary/aromatic N) is 4. The van der Waals surface area contributed by atoms with Gasteiger partial charge < -0.3 is 14.6 Å². The highest BCUT2D eigenvalue weighted by molar-refractivity contribution is 5.97. The van der Waals surface area contributed by atoms with Crippen LogP contribution in [0, 0.1) is 0 Å². The van der Waals surface area contributed by atoms with Gasteiger partial charge in [-0.15, -0.1) is 0 Å². The molecule has 3 aromatic rings. The van der Waals surface area contributed by atoms with Crippen LogP contribution >= 0.6 is 0 Å². The van der Waals surface area contributed by atoms with Crippen LogP contribution in [0.2, 0.25) is 0 Å². The van der Waals surface area contributed by atoms with Gasteiger partial charge in [-0.2, -0.15) is 15.4 Å². The summed E-state index contributed by atoms with van der Waals surface area (Å²) in [5, 5.41) is 11.5. The third kappa shape index (κ3) is 2.36. The SMILES string of the molecule is CO[C@@H]1CN(C(=O)c2cc3cccnc3[nH]2)C[C@H]1c1cn[nH]n1. The van der Waals surface area contributed by atoms with Crippen LogP contribution in [0.25, 0.3) is 11.0 Å². The van der Waals surface area contributed by atoms with Crippen LogP contribution in [0.3, 0.4) is 0 Å². The number of hydrogen-bond donors (Lipinski definition) is 2. The monoisotopic (exact) mass is 312 g/mol. The zero-order chi connectivity index (χ0) is 15.8. The molecule has 118 valence electrons. The van der Waals surface area contributed by atoms with E-state index in [1.54, 1.807) is 24.4 Å². The minimum Gasteiger partial charge on any atom is -0.379 e. The second-order valence-electron chi connectivity index (χ2n) is 5.61. The molecule has 0 radical (unpaired) electrons. The van der Waals surface area contributed by atoms with Crippen LogP contribution in [-0.2, 0) is 4.74 Å². The lowest BCUT2D eigenvalue weighted by molar-refractivity contribution is 0.0710. The van der Waals surface area contributed by atoms with E-state index in [9.17, 15) is 4.79 Å². The van der Waals surface area contributed by atoms with Gasteiger partial charge in [0.2, 0.25) is 0 Å². The number of aromatic amines is 2. The Morgan fingerprint density at radius 3 is 3.09 bits per heavy atom. The fourth-order valence-electron chi connectivity index (χ4n) is 3.10. The van der Waals surface area contributed by atoms with Crippen molar-refractivity contribution in [3.05, 3.63) is 42.0 Å². The Kier molecular flexibility index (Phi) is 3.30. The Labute approximate surface area is 131 Å². The highest BCUT2D eigenvalue weighted by Gasteiger charge is 2.38. The van der Waals surface area contributed by atoms with E-state index >= 15 is 0 Å². The summed E-state index contributed by atoms with van der Waals surface area (Å²) in [5.74, 6) is -0.0405. The van der Waals surface area contributed by atoms with Crippen molar-refractivity contribution in [3.8, 4) is 0 Å². The van der Waals surface area contributed by atoms with Crippen LogP contribution in [0.15, 0.2) is 30.6 Å². The van der Waals surface area contributed by atoms with E-state index in [2.05, 4.69) is 25.4 Å². The lowest BCUT2D eigenvalue weighted by Crippen LogP contribution is -2.30. The number of hydrogen-bond acceptors (Lipinski definition) is 5. The van der Waals surface area contributed by atoms with Crippen LogP contribution in [0.5, 0.6) is 0 Å². The third-order valence-corrected chi connectivity index (χ3v) is 4.29. The summed E-state index contributed by atoms with van der Waals surface area (Å²) in [5.41, 5.74) is 2.06. The van der Waals surface area contributed by atoms with E-state index in [1.165, 1.54) is 0 Å². The third-order valence-electron chi connectivity index (χ3n) is 4.29. The van der Waals surface area contributed by atoms with E-state index in [-0.39, 0.29) is 17.9 Å². The van der Waals surface area contributed by atoms with Gasteiger partial charge in [0, 0.05) is 31.8 Å². The van der Waals surface area contributed by atoms with Crippen molar-refractivity contribution in [2.45, 2.75) is 12.0 Å². The Morgan fingerprint density at radius 2 is 2.35 bits per heavy atom. The summed E-state index contributed by atoms with van der Waals surface area (Å²) in [7, 11) is 1.65. The molecule has 2 atom stereocenters. The maximum absolute atomic E-state index is 12.8. The number of nitrogens with one attached hydrogen (secondary N) is 2. The fourth-order valence-corrected chi connectivity index (χ4v) is 3.10. The number of likely N-dealkylation sites (tertiary alicyclic amines) is 1. The molecule has 2 N–H and O–H groups in total. The molecule has 1 amide bonds. The number of amides is 1. The molecule has 8 nitrogen and oxygen atoms in total. The molecule has 0 spiro atoms. The van der Waals surface area contributed by atoms with E-state index in [0.717, 1.165) is 11.1 Å². The molecule has 0 saturated carbocycles. The Morgan fingerprint density at radius 1 is 1.43 bits per heavy atom. The van der Waals surface area contributed by atoms with Crippen LogP contribution < -0.4 is 0 Å². The molecule has 0 aromatic carbocycles. The van der Waals surface area contributed by atoms with E-state index in [0.29, 0.717) is 24.4 Å². The fraction of sp³-hybridized carbons (Fsp3) is 0.333. The predicted molar refractivity (Wildman–Crippen MR) is 81.9 cm³/mol. The number of ether oxygens (including phenoxy) is 1. The summed E-state index contributed by atoms with van der Waals surface area (Å²) in [6.07, 6.45) is 3.29. The minimum absolute atomic E-state index is 0.0187. The first kappa shape index (κ1) is 13.9. The molecule has 1 aliphatic rings. The van der Waals surface area contributed by atoms with E-state index in [4.69, 9.17) is 4.74 Å². The standard InChI is InChI=1S/C15H16N6O2/c1-23-13-8-21(7-10(13)12-6-17-20-19-12)15(22)11-5-9-3-2-4-16-14(9)18-11/h2-6,10,13H,7-8H2,1H3,(H,16,18)(H,17,19,20)/t10-,13+/m0/s1. The maximum atomic E-state index is 12.8. The maximum Gasteiger partial charge on any atom is 0.270 e. The summed E-state index contributed by atoms with van der Waals surface area (Å²) < 4.78 is 5.52. The van der Waals surface area contributed by atoms with Gasteiger partial charge in [0.15, 0.2) is 0 Å². The minimum atomic E-state index is -0.0912. The van der Waals surface area contributed by atoms with Gasteiger partial charge in [-0.1, -0.05) is 0 Å². The number of fused-ring (bicyclic) bond motifs is 1. The Hall–Kier alpha value is -2.74. The van der Waals surface area contributed by atoms with Crippen molar-refractivity contribution in [3.63, 3.8) is 0 Å². The first-order chi connectivity index (χ1) is 11.3. The molecular formula is C15H16N6O2. The number of rotatable bonds is 3. The average Bonchev–Trinajstić information content (AvgIpc) is 3.30. The van der Waals surface area contributed by atoms with Gasteiger partial charge >= 0.3 is 0 Å². The van der Waals surface area contributed by atoms with E-state index < -0.39 is 0 Å². The van der Waals surface area contributed by atoms with Crippen LogP contribution in [0.4, 0.5) is 0 Å². The smallest absolute Gasteiger partial charge is 0.270 e. The number of aromatic nitrogens is 5. The van der Waals surface area contributed by atoms with Crippen molar-refractivity contribution in [1.82, 2.24) is 30.3 Å². The van der Waals surface area contributed by atoms with E-state index in [1.807, 2.05) is 18.2 Å². The highest BCUT2D eigenvalue weighted by atomic mass is 16.5. The van der Waals surface area contributed by atoms with Gasteiger partial charge in [0.05, 0.1) is 23.9 Å². The van der Waals surface area contributed by atoms with Gasteiger partial charge in [0.1, 0.15) is 11.3 Å². The molecule has 1 saturated heterocycles. The molecular weight excluding hydrogens is 296 g/mol. The first-order valence-corrected chi connectivity index (χ1v) is 7.37.